The highest BCUT2D eigenvalue weighted by atomic mass is 16.5. The molecule has 1 saturated carbocycles. The molecule has 3 fully saturated rings. The number of nitrogens with zero attached hydrogens (tertiary/aromatic N) is 4. The molecule has 2 saturated heterocycles. The predicted octanol–water partition coefficient (Wildman–Crippen LogP) is 4.40. The number of carbonyl (C=O) groups is 5. The van der Waals surface area contributed by atoms with Gasteiger partial charge in [-0.2, -0.15) is 5.10 Å². The molecule has 5 rings (SSSR count). The van der Waals surface area contributed by atoms with Crippen molar-refractivity contribution in [3.8, 4) is 0 Å². The van der Waals surface area contributed by atoms with Gasteiger partial charge >= 0.3 is 6.09 Å². The van der Waals surface area contributed by atoms with Crippen LogP contribution in [0.1, 0.15) is 96.9 Å². The average Bonchev–Trinajstić information content (AvgIpc) is 4.05. The summed E-state index contributed by atoms with van der Waals surface area (Å²) < 4.78 is 12.1. The number of carboxylic acid groups (broad SMARTS) is 1. The molecule has 3 heterocycles. The fraction of sp³-hybridized carbons (Fsp3) is 0.674. The van der Waals surface area contributed by atoms with E-state index in [0.29, 0.717) is 37.9 Å². The van der Waals surface area contributed by atoms with Gasteiger partial charge < -0.3 is 35.0 Å². The molecular weight excluding hydrogens is 743 g/mol. The number of aromatic amines is 1. The second-order valence-corrected chi connectivity index (χ2v) is 16.9. The van der Waals surface area contributed by atoms with Crippen LogP contribution in [0, 0.1) is 23.7 Å². The number of ether oxygens (including phenoxy) is 2. The van der Waals surface area contributed by atoms with E-state index in [1.165, 1.54) is 4.90 Å². The first-order valence-electron chi connectivity index (χ1n) is 21.0. The van der Waals surface area contributed by atoms with E-state index in [1.54, 1.807) is 37.3 Å². The highest BCUT2D eigenvalue weighted by Crippen LogP contribution is 2.42. The van der Waals surface area contributed by atoms with Crippen LogP contribution in [0.25, 0.3) is 0 Å². The molecule has 4 N–H and O–H groups in total. The van der Waals surface area contributed by atoms with Gasteiger partial charge in [-0.25, -0.2) is 4.79 Å². The van der Waals surface area contributed by atoms with Crippen molar-refractivity contribution in [2.75, 3.05) is 27.8 Å². The maximum atomic E-state index is 14.4. The monoisotopic (exact) mass is 807 g/mol. The highest BCUT2D eigenvalue weighted by molar-refractivity contribution is 5.92. The van der Waals surface area contributed by atoms with Gasteiger partial charge in [-0.3, -0.25) is 29.2 Å². The third-order valence-electron chi connectivity index (χ3n) is 13.0. The lowest BCUT2D eigenvalue weighted by molar-refractivity contribution is -0.148. The lowest BCUT2D eigenvalue weighted by Crippen LogP contribution is -2.60. The largest absolute Gasteiger partial charge is 0.465 e. The standard InChI is InChI=1S/C43H65N7O8/c1-9-26(4)37(48(6)42(54)36(25(2)3)46-41(53)38-29-17-18-30(23-29)50(38)43(55)56)34(57-7)24-35(51)49-21-13-16-33(49)39(58-8)27(5)40(52)45-32(31-19-20-44-47-31)22-28-14-11-10-12-15-28/h10-12,14-15,19-20,25-27,29-30,32-34,36-39H,9,13,16-18,21-24H2,1-8H3,(H,44,47)(H,45,52)(H,46,53)(H,55,56)/t26-,27+,29-,30+,32-,33-,34+,36-,37-,38-,39+/m0/s1. The number of aromatic nitrogens is 2. The van der Waals surface area contributed by atoms with Gasteiger partial charge in [-0.15, -0.1) is 0 Å². The molecule has 1 aromatic carbocycles. The van der Waals surface area contributed by atoms with Gasteiger partial charge in [-0.05, 0) is 67.9 Å². The molecule has 320 valence electrons. The molecule has 0 spiro atoms. The Labute approximate surface area is 342 Å². The fourth-order valence-electron chi connectivity index (χ4n) is 9.73. The second kappa shape index (κ2) is 20.0. The molecule has 2 aliphatic heterocycles. The first kappa shape index (κ1) is 44.6. The van der Waals surface area contributed by atoms with Crippen LogP contribution >= 0.6 is 0 Å². The number of likely N-dealkylation sites (N-methyl/N-ethyl adjacent to an activating group) is 1. The van der Waals surface area contributed by atoms with E-state index in [-0.39, 0.29) is 60.0 Å². The smallest absolute Gasteiger partial charge is 0.408 e. The number of amides is 5. The summed E-state index contributed by atoms with van der Waals surface area (Å²) in [5, 5.41) is 23.2. The predicted molar refractivity (Wildman–Crippen MR) is 217 cm³/mol. The second-order valence-electron chi connectivity index (χ2n) is 16.9. The number of benzene rings is 1. The lowest BCUT2D eigenvalue weighted by Gasteiger charge is -2.41. The van der Waals surface area contributed by atoms with Gasteiger partial charge in [0.25, 0.3) is 0 Å². The van der Waals surface area contributed by atoms with Crippen LogP contribution in [-0.2, 0) is 35.1 Å². The highest BCUT2D eigenvalue weighted by Gasteiger charge is 2.52. The van der Waals surface area contributed by atoms with Crippen LogP contribution in [0.15, 0.2) is 42.6 Å². The van der Waals surface area contributed by atoms with Crippen LogP contribution in [0.4, 0.5) is 4.79 Å². The van der Waals surface area contributed by atoms with Crippen LogP contribution in [0.5, 0.6) is 0 Å². The molecular formula is C43H65N7O8. The number of likely N-dealkylation sites (tertiary alicyclic amines) is 2. The zero-order valence-electron chi connectivity index (χ0n) is 35.4. The number of fused-ring (bicyclic) bond motifs is 2. The van der Waals surface area contributed by atoms with Crippen molar-refractivity contribution in [2.45, 2.75) is 134 Å². The van der Waals surface area contributed by atoms with E-state index >= 15 is 0 Å². The minimum Gasteiger partial charge on any atom is -0.465 e. The SMILES string of the molecule is CC[C@H](C)[C@@H]([C@@H](CC(=O)N1CCC[C@H]1[C@H](OC)[C@@H](C)C(=O)N[C@@H](Cc1ccccc1)c1cc[nH]n1)OC)N(C)C(=O)[C@@H](NC(=O)[C@@H]1[C@H]2CC[C@H](C2)N1C(=O)O)C(C)C. The Morgan fingerprint density at radius 2 is 1.72 bits per heavy atom. The number of piperidine rings is 1. The first-order chi connectivity index (χ1) is 27.7. The van der Waals surface area contributed by atoms with Crippen LogP contribution in [0.3, 0.4) is 0 Å². The zero-order valence-corrected chi connectivity index (χ0v) is 35.4. The molecule has 15 heteroatoms. The molecule has 58 heavy (non-hydrogen) atoms. The molecule has 15 nitrogen and oxygen atoms in total. The van der Waals surface area contributed by atoms with E-state index in [4.69, 9.17) is 9.47 Å². The van der Waals surface area contributed by atoms with Gasteiger partial charge in [0.1, 0.15) is 12.1 Å². The van der Waals surface area contributed by atoms with Gasteiger partial charge in [-0.1, -0.05) is 71.4 Å². The van der Waals surface area contributed by atoms with Gasteiger partial charge in [0, 0.05) is 40.1 Å². The molecule has 1 aliphatic carbocycles. The Balaban J connectivity index is 1.28. The van der Waals surface area contributed by atoms with Crippen molar-refractivity contribution < 1.29 is 38.6 Å². The quantitative estimate of drug-likeness (QED) is 0.160. The molecule has 5 amide bonds. The number of carbonyl (C=O) groups excluding carboxylic acids is 4. The zero-order chi connectivity index (χ0) is 42.3. The topological polar surface area (TPSA) is 186 Å². The van der Waals surface area contributed by atoms with E-state index in [0.717, 1.165) is 24.8 Å². The summed E-state index contributed by atoms with van der Waals surface area (Å²) in [5.41, 5.74) is 1.77. The molecule has 1 aromatic heterocycles. The number of hydrogen-bond acceptors (Lipinski definition) is 8. The Hall–Kier alpha value is -4.50. The van der Waals surface area contributed by atoms with Crippen molar-refractivity contribution in [2.24, 2.45) is 23.7 Å². The van der Waals surface area contributed by atoms with Crippen molar-refractivity contribution >= 4 is 29.7 Å². The Kier molecular flexibility index (Phi) is 15.4. The summed E-state index contributed by atoms with van der Waals surface area (Å²) in [7, 11) is 4.80. The normalized spacial score (nSPS) is 23.8. The lowest BCUT2D eigenvalue weighted by atomic mass is 9.89. The van der Waals surface area contributed by atoms with E-state index in [1.807, 2.05) is 71.0 Å². The molecule has 2 aromatic rings. The van der Waals surface area contributed by atoms with Crippen LogP contribution < -0.4 is 10.6 Å². The van der Waals surface area contributed by atoms with Crippen molar-refractivity contribution in [3.63, 3.8) is 0 Å². The summed E-state index contributed by atoms with van der Waals surface area (Å²) in [6.07, 6.45) is 4.18. The molecule has 0 unspecified atom stereocenters. The molecule has 2 bridgehead atoms. The number of methoxy groups -OCH3 is 2. The Bertz CT molecular complexity index is 1690. The average molecular weight is 808 g/mol. The number of rotatable bonds is 19. The summed E-state index contributed by atoms with van der Waals surface area (Å²) >= 11 is 0. The summed E-state index contributed by atoms with van der Waals surface area (Å²) in [6.45, 7) is 10.1. The fourth-order valence-corrected chi connectivity index (χ4v) is 9.73. The minimum atomic E-state index is -1.12. The van der Waals surface area contributed by atoms with Gasteiger partial charge in [0.2, 0.25) is 23.6 Å². The van der Waals surface area contributed by atoms with Gasteiger partial charge in [0.05, 0.1) is 48.4 Å². The van der Waals surface area contributed by atoms with Crippen molar-refractivity contribution in [3.05, 3.63) is 53.9 Å². The maximum Gasteiger partial charge on any atom is 0.408 e. The third kappa shape index (κ3) is 9.85. The number of hydrogen-bond donors (Lipinski definition) is 4. The maximum absolute atomic E-state index is 14.4. The summed E-state index contributed by atoms with van der Waals surface area (Å²) in [6, 6.07) is 8.59. The Morgan fingerprint density at radius 1 is 1.00 bits per heavy atom. The van der Waals surface area contributed by atoms with E-state index in [2.05, 4.69) is 20.8 Å². The summed E-state index contributed by atoms with van der Waals surface area (Å²) in [5.74, 6) is -2.17. The minimum absolute atomic E-state index is 0.00757. The molecule has 0 radical (unpaired) electrons. The Morgan fingerprint density at radius 3 is 2.33 bits per heavy atom. The molecule has 3 aliphatic rings. The van der Waals surface area contributed by atoms with E-state index in [9.17, 15) is 29.1 Å². The van der Waals surface area contributed by atoms with E-state index < -0.39 is 48.3 Å². The van der Waals surface area contributed by atoms with Crippen LogP contribution in [-0.4, -0.2) is 130 Å². The van der Waals surface area contributed by atoms with Crippen molar-refractivity contribution in [1.82, 2.24) is 35.5 Å². The van der Waals surface area contributed by atoms with Gasteiger partial charge in [0.15, 0.2) is 0 Å². The summed E-state index contributed by atoms with van der Waals surface area (Å²) in [4.78, 5) is 73.1. The third-order valence-corrected chi connectivity index (χ3v) is 13.0. The molecule has 11 atom stereocenters. The van der Waals surface area contributed by atoms with Crippen molar-refractivity contribution in [1.29, 1.82) is 0 Å². The number of nitrogens with one attached hydrogen (secondary N) is 3. The van der Waals surface area contributed by atoms with Crippen LogP contribution in [0.2, 0.25) is 0 Å². The first-order valence-corrected chi connectivity index (χ1v) is 21.0. The number of H-pyrrole nitrogens is 1.